The zero-order valence-corrected chi connectivity index (χ0v) is 11.3. The molecule has 0 aliphatic heterocycles. The average Bonchev–Trinajstić information content (AvgIpc) is 3.21. The summed E-state index contributed by atoms with van der Waals surface area (Å²) in [6.45, 7) is 2.33. The maximum atomic E-state index is 12.1. The van der Waals surface area contributed by atoms with Gasteiger partial charge in [0.25, 0.3) is 5.56 Å². The summed E-state index contributed by atoms with van der Waals surface area (Å²) in [6, 6.07) is 1.62. The fourth-order valence-electron chi connectivity index (χ4n) is 2.03. The third kappa shape index (κ3) is 2.94. The molecule has 1 aliphatic rings. The quantitative estimate of drug-likeness (QED) is 0.755. The van der Waals surface area contributed by atoms with Crippen molar-refractivity contribution >= 4 is 5.91 Å². The molecule has 1 amide bonds. The van der Waals surface area contributed by atoms with Crippen molar-refractivity contribution in [1.29, 1.82) is 0 Å². The molecule has 1 fully saturated rings. The van der Waals surface area contributed by atoms with E-state index in [1.807, 2.05) is 6.92 Å². The largest absolute Gasteiger partial charge is 0.341 e. The molecular weight excluding hydrogens is 246 g/mol. The lowest BCUT2D eigenvalue weighted by Gasteiger charge is -2.17. The Balaban J connectivity index is 2.23. The molecule has 0 spiro atoms. The molecule has 0 unspecified atom stereocenters. The molecule has 0 atom stereocenters. The Hall–Kier alpha value is -1.85. The predicted molar refractivity (Wildman–Crippen MR) is 71.0 cm³/mol. The van der Waals surface area contributed by atoms with Gasteiger partial charge in [-0.05, 0) is 19.3 Å². The van der Waals surface area contributed by atoms with Crippen LogP contribution in [0, 0.1) is 0 Å². The number of rotatable bonds is 5. The van der Waals surface area contributed by atoms with Gasteiger partial charge in [-0.3, -0.25) is 14.2 Å². The van der Waals surface area contributed by atoms with E-state index in [4.69, 9.17) is 0 Å². The van der Waals surface area contributed by atoms with Crippen molar-refractivity contribution in [1.82, 2.24) is 14.0 Å². The van der Waals surface area contributed by atoms with E-state index in [9.17, 15) is 14.4 Å². The number of nitrogens with zero attached hydrogens (tertiary/aromatic N) is 3. The van der Waals surface area contributed by atoms with Crippen LogP contribution in [0.2, 0.25) is 0 Å². The number of carbonyl (C=O) groups excluding carboxylic acids is 1. The second kappa shape index (κ2) is 5.42. The minimum atomic E-state index is -0.421. The van der Waals surface area contributed by atoms with Crippen LogP contribution in [0.25, 0.3) is 0 Å². The van der Waals surface area contributed by atoms with Gasteiger partial charge in [-0.25, -0.2) is 4.79 Å². The first-order valence-corrected chi connectivity index (χ1v) is 6.60. The Morgan fingerprint density at radius 1 is 1.42 bits per heavy atom. The molecule has 1 aromatic heterocycles. The van der Waals surface area contributed by atoms with Crippen LogP contribution in [0.15, 0.2) is 21.9 Å². The predicted octanol–water partition coefficient (Wildman–Crippen LogP) is 0.0408. The first-order valence-electron chi connectivity index (χ1n) is 6.60. The highest BCUT2D eigenvalue weighted by molar-refractivity contribution is 5.76. The summed E-state index contributed by atoms with van der Waals surface area (Å²) in [6.07, 6.45) is 4.30. The highest BCUT2D eigenvalue weighted by atomic mass is 16.2. The van der Waals surface area contributed by atoms with Crippen LogP contribution < -0.4 is 11.2 Å². The molecule has 6 heteroatoms. The van der Waals surface area contributed by atoms with Crippen molar-refractivity contribution in [3.8, 4) is 0 Å². The van der Waals surface area contributed by atoms with Gasteiger partial charge in [-0.15, -0.1) is 0 Å². The summed E-state index contributed by atoms with van der Waals surface area (Å²) in [7, 11) is 1.72. The molecule has 1 saturated carbocycles. The van der Waals surface area contributed by atoms with Crippen LogP contribution in [-0.2, 0) is 17.9 Å². The van der Waals surface area contributed by atoms with Crippen molar-refractivity contribution in [2.24, 2.45) is 0 Å². The van der Waals surface area contributed by atoms with Gasteiger partial charge >= 0.3 is 5.69 Å². The van der Waals surface area contributed by atoms with Crippen molar-refractivity contribution < 1.29 is 4.79 Å². The molecule has 0 bridgehead atoms. The Bertz CT molecular complexity index is 584. The fraction of sp³-hybridized carbons (Fsp3) is 0.615. The van der Waals surface area contributed by atoms with E-state index < -0.39 is 11.2 Å². The van der Waals surface area contributed by atoms with E-state index in [1.165, 1.54) is 16.8 Å². The molecule has 104 valence electrons. The molecular formula is C13H19N3O3. The lowest BCUT2D eigenvalue weighted by Crippen LogP contribution is -2.43. The van der Waals surface area contributed by atoms with Gasteiger partial charge in [0.2, 0.25) is 5.91 Å². The molecule has 0 N–H and O–H groups in total. The topological polar surface area (TPSA) is 64.3 Å². The third-order valence-electron chi connectivity index (χ3n) is 3.39. The van der Waals surface area contributed by atoms with Crippen LogP contribution in [0.4, 0.5) is 0 Å². The summed E-state index contributed by atoms with van der Waals surface area (Å²) in [4.78, 5) is 37.4. The lowest BCUT2D eigenvalue weighted by atomic mass is 10.4. The van der Waals surface area contributed by atoms with Gasteiger partial charge in [-0.1, -0.05) is 6.92 Å². The molecule has 6 nitrogen and oxygen atoms in total. The van der Waals surface area contributed by atoms with Crippen molar-refractivity contribution in [3.63, 3.8) is 0 Å². The Morgan fingerprint density at radius 3 is 2.68 bits per heavy atom. The minimum Gasteiger partial charge on any atom is -0.341 e. The molecule has 19 heavy (non-hydrogen) atoms. The summed E-state index contributed by atoms with van der Waals surface area (Å²) in [5.41, 5.74) is -0.832. The number of hydrogen-bond acceptors (Lipinski definition) is 3. The number of likely N-dealkylation sites (N-methyl/N-ethyl adjacent to an activating group) is 1. The highest BCUT2D eigenvalue weighted by Gasteiger charge is 2.29. The molecule has 0 aromatic carbocycles. The van der Waals surface area contributed by atoms with Crippen LogP contribution >= 0.6 is 0 Å². The first kappa shape index (κ1) is 13.6. The second-order valence-corrected chi connectivity index (χ2v) is 4.95. The molecule has 0 radical (unpaired) electrons. The normalized spacial score (nSPS) is 14.4. The van der Waals surface area contributed by atoms with E-state index in [1.54, 1.807) is 11.9 Å². The summed E-state index contributed by atoms with van der Waals surface area (Å²) in [5.74, 6) is -0.184. The van der Waals surface area contributed by atoms with E-state index >= 15 is 0 Å². The Morgan fingerprint density at radius 2 is 2.11 bits per heavy atom. The van der Waals surface area contributed by atoms with Gasteiger partial charge in [0.1, 0.15) is 6.54 Å². The fourth-order valence-corrected chi connectivity index (χ4v) is 2.03. The summed E-state index contributed by atoms with van der Waals surface area (Å²) < 4.78 is 2.47. The van der Waals surface area contributed by atoms with Crippen molar-refractivity contribution in [2.45, 2.75) is 45.3 Å². The van der Waals surface area contributed by atoms with E-state index in [0.29, 0.717) is 6.54 Å². The Kier molecular flexibility index (Phi) is 3.87. The number of amides is 1. The maximum absolute atomic E-state index is 12.1. The molecule has 2 rings (SSSR count). The van der Waals surface area contributed by atoms with Crippen LogP contribution in [0.1, 0.15) is 26.2 Å². The average molecular weight is 265 g/mol. The maximum Gasteiger partial charge on any atom is 0.331 e. The Labute approximate surface area is 111 Å². The molecule has 1 heterocycles. The van der Waals surface area contributed by atoms with Gasteiger partial charge in [0.15, 0.2) is 0 Å². The third-order valence-corrected chi connectivity index (χ3v) is 3.39. The second-order valence-electron chi connectivity index (χ2n) is 4.95. The van der Waals surface area contributed by atoms with Crippen molar-refractivity contribution in [2.75, 3.05) is 7.05 Å². The first-order chi connectivity index (χ1) is 9.04. The van der Waals surface area contributed by atoms with Gasteiger partial charge in [-0.2, -0.15) is 0 Å². The standard InChI is InChI=1S/C13H19N3O3/c1-3-7-15-8-6-11(17)16(13(15)19)9-12(18)14(2)10-4-5-10/h6,8,10H,3-5,7,9H2,1-2H3. The van der Waals surface area contributed by atoms with Crippen LogP contribution in [0.3, 0.4) is 0 Å². The number of aromatic nitrogens is 2. The van der Waals surface area contributed by atoms with Crippen molar-refractivity contribution in [3.05, 3.63) is 33.1 Å². The molecule has 0 saturated heterocycles. The molecule has 1 aliphatic carbocycles. The smallest absolute Gasteiger partial charge is 0.331 e. The summed E-state index contributed by atoms with van der Waals surface area (Å²) in [5, 5.41) is 0. The summed E-state index contributed by atoms with van der Waals surface area (Å²) >= 11 is 0. The number of carbonyl (C=O) groups is 1. The molecule has 1 aromatic rings. The van der Waals surface area contributed by atoms with Gasteiger partial charge < -0.3 is 9.47 Å². The minimum absolute atomic E-state index is 0.171. The van der Waals surface area contributed by atoms with Gasteiger partial charge in [0, 0.05) is 31.9 Å². The monoisotopic (exact) mass is 265 g/mol. The number of hydrogen-bond donors (Lipinski definition) is 0. The van der Waals surface area contributed by atoms with Crippen LogP contribution in [0.5, 0.6) is 0 Å². The van der Waals surface area contributed by atoms with E-state index in [-0.39, 0.29) is 18.5 Å². The zero-order chi connectivity index (χ0) is 14.0. The SMILES string of the molecule is CCCn1ccc(=O)n(CC(=O)N(C)C2CC2)c1=O. The van der Waals surface area contributed by atoms with Gasteiger partial charge in [0.05, 0.1) is 0 Å². The lowest BCUT2D eigenvalue weighted by molar-refractivity contribution is -0.131. The van der Waals surface area contributed by atoms with E-state index in [2.05, 4.69) is 0 Å². The zero-order valence-electron chi connectivity index (χ0n) is 11.3. The van der Waals surface area contributed by atoms with E-state index in [0.717, 1.165) is 23.8 Å². The van der Waals surface area contributed by atoms with Crippen LogP contribution in [-0.4, -0.2) is 33.0 Å². The number of aryl methyl sites for hydroxylation is 1. The highest BCUT2D eigenvalue weighted by Crippen LogP contribution is 2.25.